The Morgan fingerprint density at radius 1 is 1.26 bits per heavy atom. The summed E-state index contributed by atoms with van der Waals surface area (Å²) in [5.41, 5.74) is 2.22. The van der Waals surface area contributed by atoms with E-state index < -0.39 is 0 Å². The minimum absolute atomic E-state index is 0.173. The van der Waals surface area contributed by atoms with E-state index in [1.165, 1.54) is 5.56 Å². The third kappa shape index (κ3) is 4.16. The highest BCUT2D eigenvalue weighted by atomic mass is 16.5. The van der Waals surface area contributed by atoms with Crippen LogP contribution in [0.15, 0.2) is 41.1 Å². The SMILES string of the molecule is COCCc1noc(CN2C[C@@H](Cc3ccnc4ccccc34)[C@H](O)C2)n1. The van der Waals surface area contributed by atoms with Crippen molar-refractivity contribution in [1.82, 2.24) is 20.0 Å². The van der Waals surface area contributed by atoms with Gasteiger partial charge in [-0.2, -0.15) is 4.98 Å². The molecule has 142 valence electrons. The van der Waals surface area contributed by atoms with Gasteiger partial charge in [0, 0.05) is 44.1 Å². The molecule has 0 amide bonds. The molecule has 7 nitrogen and oxygen atoms in total. The van der Waals surface area contributed by atoms with Crippen LogP contribution in [0, 0.1) is 5.92 Å². The van der Waals surface area contributed by atoms with E-state index in [0.717, 1.165) is 23.9 Å². The summed E-state index contributed by atoms with van der Waals surface area (Å²) in [7, 11) is 1.65. The molecule has 0 saturated carbocycles. The van der Waals surface area contributed by atoms with Crippen LogP contribution in [0.1, 0.15) is 17.3 Å². The van der Waals surface area contributed by atoms with Gasteiger partial charge in [0.2, 0.25) is 5.89 Å². The van der Waals surface area contributed by atoms with Gasteiger partial charge in [-0.1, -0.05) is 23.4 Å². The van der Waals surface area contributed by atoms with Crippen molar-refractivity contribution in [1.29, 1.82) is 0 Å². The van der Waals surface area contributed by atoms with Crippen molar-refractivity contribution in [3.63, 3.8) is 0 Å². The lowest BCUT2D eigenvalue weighted by Crippen LogP contribution is -2.21. The van der Waals surface area contributed by atoms with Crippen LogP contribution in [-0.2, 0) is 24.1 Å². The lowest BCUT2D eigenvalue weighted by atomic mass is 9.94. The van der Waals surface area contributed by atoms with Crippen molar-refractivity contribution >= 4 is 10.9 Å². The largest absolute Gasteiger partial charge is 0.391 e. The zero-order valence-electron chi connectivity index (χ0n) is 15.4. The molecule has 0 unspecified atom stereocenters. The van der Waals surface area contributed by atoms with E-state index in [9.17, 15) is 5.11 Å². The van der Waals surface area contributed by atoms with Crippen molar-refractivity contribution in [2.24, 2.45) is 5.92 Å². The first kappa shape index (κ1) is 18.0. The molecular weight excluding hydrogens is 344 g/mol. The lowest BCUT2D eigenvalue weighted by molar-refractivity contribution is 0.139. The lowest BCUT2D eigenvalue weighted by Gasteiger charge is -2.15. The van der Waals surface area contributed by atoms with E-state index in [4.69, 9.17) is 9.26 Å². The third-order valence-electron chi connectivity index (χ3n) is 5.10. The van der Waals surface area contributed by atoms with E-state index in [1.807, 2.05) is 24.4 Å². The van der Waals surface area contributed by atoms with Crippen LogP contribution >= 0.6 is 0 Å². The number of hydrogen-bond acceptors (Lipinski definition) is 7. The topological polar surface area (TPSA) is 84.5 Å². The molecule has 1 aliphatic heterocycles. The maximum Gasteiger partial charge on any atom is 0.240 e. The number of likely N-dealkylation sites (tertiary alicyclic amines) is 1. The van der Waals surface area contributed by atoms with E-state index in [-0.39, 0.29) is 12.0 Å². The first-order chi connectivity index (χ1) is 13.2. The Bertz CT molecular complexity index is 892. The zero-order chi connectivity index (χ0) is 18.6. The van der Waals surface area contributed by atoms with E-state index in [0.29, 0.717) is 37.8 Å². The number of pyridine rings is 1. The van der Waals surface area contributed by atoms with Gasteiger partial charge in [0.15, 0.2) is 5.82 Å². The van der Waals surface area contributed by atoms with E-state index in [2.05, 4.69) is 32.2 Å². The monoisotopic (exact) mass is 368 g/mol. The molecule has 3 aromatic rings. The maximum absolute atomic E-state index is 10.6. The number of aliphatic hydroxyl groups is 1. The van der Waals surface area contributed by atoms with E-state index in [1.54, 1.807) is 7.11 Å². The van der Waals surface area contributed by atoms with Gasteiger partial charge < -0.3 is 14.4 Å². The first-order valence-electron chi connectivity index (χ1n) is 9.26. The van der Waals surface area contributed by atoms with Crippen molar-refractivity contribution in [2.75, 3.05) is 26.8 Å². The number of methoxy groups -OCH3 is 1. The van der Waals surface area contributed by atoms with Crippen LogP contribution in [-0.4, -0.2) is 58.0 Å². The Labute approximate surface area is 158 Å². The second-order valence-corrected chi connectivity index (χ2v) is 7.06. The molecule has 7 heteroatoms. The molecule has 1 aromatic carbocycles. The van der Waals surface area contributed by atoms with Gasteiger partial charge >= 0.3 is 0 Å². The molecule has 27 heavy (non-hydrogen) atoms. The average molecular weight is 368 g/mol. The van der Waals surface area contributed by atoms with Crippen LogP contribution in [0.5, 0.6) is 0 Å². The van der Waals surface area contributed by atoms with Crippen LogP contribution in [0.3, 0.4) is 0 Å². The summed E-state index contributed by atoms with van der Waals surface area (Å²) in [5.74, 6) is 1.42. The van der Waals surface area contributed by atoms with Gasteiger partial charge in [0.1, 0.15) is 0 Å². The smallest absolute Gasteiger partial charge is 0.240 e. The summed E-state index contributed by atoms with van der Waals surface area (Å²) >= 11 is 0. The van der Waals surface area contributed by atoms with Gasteiger partial charge in [0.05, 0.1) is 24.8 Å². The van der Waals surface area contributed by atoms with Gasteiger partial charge in [-0.15, -0.1) is 0 Å². The fourth-order valence-electron chi connectivity index (χ4n) is 3.73. The Balaban J connectivity index is 1.40. The van der Waals surface area contributed by atoms with Gasteiger partial charge in [0.25, 0.3) is 0 Å². The number of ether oxygens (including phenoxy) is 1. The summed E-state index contributed by atoms with van der Waals surface area (Å²) in [6.07, 6.45) is 2.94. The fourth-order valence-corrected chi connectivity index (χ4v) is 3.73. The van der Waals surface area contributed by atoms with Crippen LogP contribution in [0.4, 0.5) is 0 Å². The number of β-amino-alcohol motifs (C(OH)–C–C–N with tert-alkyl or cyclic N) is 1. The second kappa shape index (κ2) is 8.12. The molecule has 1 aliphatic rings. The van der Waals surface area contributed by atoms with Crippen molar-refractivity contribution in [3.05, 3.63) is 53.8 Å². The molecule has 1 fully saturated rings. The molecule has 1 saturated heterocycles. The number of rotatable bonds is 7. The standard InChI is InChI=1S/C20H24N4O3/c1-26-9-7-19-22-20(27-23-19)13-24-11-15(18(25)12-24)10-14-6-8-21-17-5-3-2-4-16(14)17/h2-6,8,15,18,25H,7,9-13H2,1H3/t15-,18-/m1/s1. The zero-order valence-corrected chi connectivity index (χ0v) is 15.4. The van der Waals surface area contributed by atoms with Crippen molar-refractivity contribution in [3.8, 4) is 0 Å². The van der Waals surface area contributed by atoms with Crippen LogP contribution < -0.4 is 0 Å². The van der Waals surface area contributed by atoms with Gasteiger partial charge in [-0.05, 0) is 24.1 Å². The molecule has 0 spiro atoms. The van der Waals surface area contributed by atoms with Gasteiger partial charge in [-0.3, -0.25) is 9.88 Å². The highest BCUT2D eigenvalue weighted by molar-refractivity contribution is 5.81. The highest BCUT2D eigenvalue weighted by Crippen LogP contribution is 2.26. The number of nitrogens with zero attached hydrogens (tertiary/aromatic N) is 4. The molecule has 2 aromatic heterocycles. The highest BCUT2D eigenvalue weighted by Gasteiger charge is 2.32. The molecular formula is C20H24N4O3. The number of aliphatic hydroxyl groups excluding tert-OH is 1. The predicted octanol–water partition coefficient (Wildman–Crippen LogP) is 1.84. The molecule has 0 radical (unpaired) electrons. The number of aromatic nitrogens is 3. The Morgan fingerprint density at radius 3 is 3.04 bits per heavy atom. The van der Waals surface area contributed by atoms with Crippen LogP contribution in [0.2, 0.25) is 0 Å². The Hall–Kier alpha value is -2.35. The maximum atomic E-state index is 10.6. The summed E-state index contributed by atoms with van der Waals surface area (Å²) in [6.45, 7) is 2.55. The number of fused-ring (bicyclic) bond motifs is 1. The molecule has 2 atom stereocenters. The number of hydrogen-bond donors (Lipinski definition) is 1. The Kier molecular flexibility index (Phi) is 5.42. The molecule has 0 aliphatic carbocycles. The molecule has 0 bridgehead atoms. The summed E-state index contributed by atoms with van der Waals surface area (Å²) in [4.78, 5) is 11.0. The fraction of sp³-hybridized carbons (Fsp3) is 0.450. The molecule has 1 N–H and O–H groups in total. The van der Waals surface area contributed by atoms with Gasteiger partial charge in [-0.25, -0.2) is 0 Å². The number of benzene rings is 1. The summed E-state index contributed by atoms with van der Waals surface area (Å²) in [6, 6.07) is 10.2. The molecule has 3 heterocycles. The summed E-state index contributed by atoms with van der Waals surface area (Å²) in [5, 5.41) is 15.7. The number of para-hydroxylation sites is 1. The quantitative estimate of drug-likeness (QED) is 0.681. The van der Waals surface area contributed by atoms with Crippen molar-refractivity contribution in [2.45, 2.75) is 25.5 Å². The third-order valence-corrected chi connectivity index (χ3v) is 5.10. The summed E-state index contributed by atoms with van der Waals surface area (Å²) < 4.78 is 10.4. The second-order valence-electron chi connectivity index (χ2n) is 7.06. The minimum Gasteiger partial charge on any atom is -0.391 e. The minimum atomic E-state index is -0.368. The predicted molar refractivity (Wildman–Crippen MR) is 100 cm³/mol. The normalized spacial score (nSPS) is 20.5. The van der Waals surface area contributed by atoms with Crippen LogP contribution in [0.25, 0.3) is 10.9 Å². The Morgan fingerprint density at radius 2 is 2.15 bits per heavy atom. The molecule has 4 rings (SSSR count). The average Bonchev–Trinajstić information content (AvgIpc) is 3.27. The first-order valence-corrected chi connectivity index (χ1v) is 9.26. The van der Waals surface area contributed by atoms with E-state index >= 15 is 0 Å². The van der Waals surface area contributed by atoms with Crippen molar-refractivity contribution < 1.29 is 14.4 Å².